The Labute approximate surface area is 101 Å². The van der Waals surface area contributed by atoms with Crippen molar-refractivity contribution in [2.75, 3.05) is 0 Å². The third-order valence-electron chi connectivity index (χ3n) is 1.91. The van der Waals surface area contributed by atoms with Gasteiger partial charge in [-0.2, -0.15) is 0 Å². The molecule has 2 N–H and O–H groups in total. The maximum atomic E-state index is 10.9. The van der Waals surface area contributed by atoms with Crippen LogP contribution in [-0.2, 0) is 0 Å². The van der Waals surface area contributed by atoms with Crippen molar-refractivity contribution in [1.82, 2.24) is 4.98 Å². The van der Waals surface area contributed by atoms with Crippen molar-refractivity contribution >= 4 is 23.4 Å². The summed E-state index contributed by atoms with van der Waals surface area (Å²) in [5.41, 5.74) is -0.486. The van der Waals surface area contributed by atoms with Crippen LogP contribution in [0.2, 0.25) is 5.02 Å². The fourth-order valence-electron chi connectivity index (χ4n) is 1.15. The van der Waals surface area contributed by atoms with Gasteiger partial charge in [0.2, 0.25) is 0 Å². The van der Waals surface area contributed by atoms with Gasteiger partial charge in [0.15, 0.2) is 5.75 Å². The normalized spacial score (nSPS) is 10.3. The Kier molecular flexibility index (Phi) is 3.22. The fourth-order valence-corrected chi connectivity index (χ4v) is 2.11. The lowest BCUT2D eigenvalue weighted by Gasteiger charge is -2.01. The summed E-state index contributed by atoms with van der Waals surface area (Å²) in [5.74, 6) is -0.279. The van der Waals surface area contributed by atoms with Crippen LogP contribution in [0.15, 0.2) is 51.1 Å². The first-order valence-electron chi connectivity index (χ1n) is 4.50. The smallest absolute Gasteiger partial charge is 0.290 e. The summed E-state index contributed by atoms with van der Waals surface area (Å²) in [5, 5.41) is 9.92. The molecule has 0 aliphatic rings. The van der Waals surface area contributed by atoms with Crippen LogP contribution < -0.4 is 5.56 Å². The number of pyridine rings is 1. The molecule has 0 aliphatic heterocycles. The lowest BCUT2D eigenvalue weighted by molar-refractivity contribution is 0.464. The van der Waals surface area contributed by atoms with Gasteiger partial charge >= 0.3 is 0 Å². The highest BCUT2D eigenvalue weighted by molar-refractivity contribution is 7.99. The number of nitrogens with one attached hydrogen (secondary N) is 1. The van der Waals surface area contributed by atoms with Crippen molar-refractivity contribution in [3.8, 4) is 5.75 Å². The lowest BCUT2D eigenvalue weighted by Crippen LogP contribution is -2.02. The van der Waals surface area contributed by atoms with Crippen LogP contribution in [0.1, 0.15) is 0 Å². The van der Waals surface area contributed by atoms with Gasteiger partial charge in [-0.15, -0.1) is 0 Å². The molecule has 0 saturated carbocycles. The molecule has 0 atom stereocenters. The highest BCUT2D eigenvalue weighted by Gasteiger charge is 2.01. The van der Waals surface area contributed by atoms with Crippen LogP contribution in [0.3, 0.4) is 0 Å². The van der Waals surface area contributed by atoms with Crippen molar-refractivity contribution in [2.24, 2.45) is 0 Å². The Hall–Kier alpha value is -1.39. The number of aromatic amines is 1. The molecule has 16 heavy (non-hydrogen) atoms. The molecule has 0 saturated heterocycles. The number of H-pyrrole nitrogens is 1. The number of hydrogen-bond donors (Lipinski definition) is 2. The third kappa shape index (κ3) is 2.59. The number of benzene rings is 1. The zero-order valence-electron chi connectivity index (χ0n) is 8.11. The van der Waals surface area contributed by atoms with Crippen molar-refractivity contribution in [3.05, 3.63) is 51.9 Å². The first kappa shape index (κ1) is 11.1. The zero-order valence-corrected chi connectivity index (χ0v) is 9.68. The molecule has 3 nitrogen and oxygen atoms in total. The van der Waals surface area contributed by atoms with Gasteiger partial charge in [-0.1, -0.05) is 23.4 Å². The summed E-state index contributed by atoms with van der Waals surface area (Å²) in [6.45, 7) is 0. The van der Waals surface area contributed by atoms with Crippen LogP contribution >= 0.6 is 23.4 Å². The predicted octanol–water partition coefficient (Wildman–Crippen LogP) is 2.89. The van der Waals surface area contributed by atoms with Gasteiger partial charge in [0, 0.05) is 27.1 Å². The summed E-state index contributed by atoms with van der Waals surface area (Å²) < 4.78 is 0. The van der Waals surface area contributed by atoms with Crippen LogP contribution in [0.25, 0.3) is 0 Å². The SMILES string of the molecule is O=c1[nH]cc(Sc2ccc(Cl)cc2)cc1O. The van der Waals surface area contributed by atoms with E-state index in [1.54, 1.807) is 18.3 Å². The minimum absolute atomic E-state index is 0.279. The van der Waals surface area contributed by atoms with Gasteiger partial charge in [-0.3, -0.25) is 4.79 Å². The predicted molar refractivity (Wildman–Crippen MR) is 64.3 cm³/mol. The van der Waals surface area contributed by atoms with Gasteiger partial charge in [0.1, 0.15) is 0 Å². The van der Waals surface area contributed by atoms with E-state index in [1.807, 2.05) is 12.1 Å². The molecule has 0 bridgehead atoms. The van der Waals surface area contributed by atoms with E-state index in [0.717, 1.165) is 9.79 Å². The Bertz CT molecular complexity index is 551. The molecule has 2 rings (SSSR count). The number of rotatable bonds is 2. The highest BCUT2D eigenvalue weighted by atomic mass is 35.5. The minimum Gasteiger partial charge on any atom is -0.503 e. The van der Waals surface area contributed by atoms with Gasteiger partial charge in [0.05, 0.1) is 0 Å². The quantitative estimate of drug-likeness (QED) is 0.865. The molecule has 1 aromatic carbocycles. The largest absolute Gasteiger partial charge is 0.503 e. The van der Waals surface area contributed by atoms with Crippen LogP contribution in [-0.4, -0.2) is 10.1 Å². The molecule has 5 heteroatoms. The summed E-state index contributed by atoms with van der Waals surface area (Å²) >= 11 is 7.19. The molecule has 0 aliphatic carbocycles. The van der Waals surface area contributed by atoms with Crippen LogP contribution in [0.5, 0.6) is 5.75 Å². The molecule has 0 radical (unpaired) electrons. The van der Waals surface area contributed by atoms with Crippen molar-refractivity contribution < 1.29 is 5.11 Å². The number of aromatic hydroxyl groups is 1. The second-order valence-electron chi connectivity index (χ2n) is 3.11. The number of halogens is 1. The number of aromatic nitrogens is 1. The maximum absolute atomic E-state index is 10.9. The fraction of sp³-hybridized carbons (Fsp3) is 0. The van der Waals surface area contributed by atoms with Crippen molar-refractivity contribution in [2.45, 2.75) is 9.79 Å². The number of hydrogen-bond acceptors (Lipinski definition) is 3. The topological polar surface area (TPSA) is 53.1 Å². The molecule has 0 spiro atoms. The Morgan fingerprint density at radius 2 is 1.88 bits per heavy atom. The Morgan fingerprint density at radius 3 is 2.50 bits per heavy atom. The van der Waals surface area contributed by atoms with E-state index in [9.17, 15) is 9.90 Å². The first-order chi connectivity index (χ1) is 7.65. The zero-order chi connectivity index (χ0) is 11.5. The lowest BCUT2D eigenvalue weighted by atomic mass is 10.4. The average molecular weight is 254 g/mol. The van der Waals surface area contributed by atoms with E-state index in [4.69, 9.17) is 11.6 Å². The van der Waals surface area contributed by atoms with E-state index >= 15 is 0 Å². The molecule has 0 unspecified atom stereocenters. The highest BCUT2D eigenvalue weighted by Crippen LogP contribution is 2.28. The van der Waals surface area contributed by atoms with Crippen LogP contribution in [0, 0.1) is 0 Å². The second-order valence-corrected chi connectivity index (χ2v) is 4.69. The molecule has 0 fully saturated rings. The van der Waals surface area contributed by atoms with Crippen LogP contribution in [0.4, 0.5) is 0 Å². The van der Waals surface area contributed by atoms with Gasteiger partial charge in [-0.25, -0.2) is 0 Å². The molecule has 1 aromatic heterocycles. The van der Waals surface area contributed by atoms with E-state index < -0.39 is 5.56 Å². The standard InChI is InChI=1S/C11H8ClNO2S/c12-7-1-3-8(4-2-7)16-9-5-10(14)11(15)13-6-9/h1-6,14H,(H,13,15). The summed E-state index contributed by atoms with van der Waals surface area (Å²) in [7, 11) is 0. The maximum Gasteiger partial charge on any atom is 0.290 e. The monoisotopic (exact) mass is 253 g/mol. The average Bonchev–Trinajstić information content (AvgIpc) is 2.27. The molecular formula is C11H8ClNO2S. The summed E-state index contributed by atoms with van der Waals surface area (Å²) in [6.07, 6.45) is 1.56. The summed E-state index contributed by atoms with van der Waals surface area (Å²) in [6, 6.07) is 8.74. The molecule has 82 valence electrons. The molecule has 1 heterocycles. The van der Waals surface area contributed by atoms with Gasteiger partial charge in [-0.05, 0) is 24.3 Å². The van der Waals surface area contributed by atoms with Crippen molar-refractivity contribution in [1.29, 1.82) is 0 Å². The van der Waals surface area contributed by atoms with E-state index in [0.29, 0.717) is 5.02 Å². The van der Waals surface area contributed by atoms with Gasteiger partial charge in [0.25, 0.3) is 5.56 Å². The second kappa shape index (κ2) is 4.63. The van der Waals surface area contributed by atoms with E-state index in [2.05, 4.69) is 4.98 Å². The third-order valence-corrected chi connectivity index (χ3v) is 3.14. The molecule has 2 aromatic rings. The Morgan fingerprint density at radius 1 is 1.19 bits per heavy atom. The molecule has 0 amide bonds. The van der Waals surface area contributed by atoms with Gasteiger partial charge < -0.3 is 10.1 Å². The minimum atomic E-state index is -0.486. The van der Waals surface area contributed by atoms with E-state index in [1.165, 1.54) is 17.8 Å². The molecular weight excluding hydrogens is 246 g/mol. The summed E-state index contributed by atoms with van der Waals surface area (Å²) in [4.78, 5) is 15.1. The first-order valence-corrected chi connectivity index (χ1v) is 5.70. The Balaban J connectivity index is 2.23. The van der Waals surface area contributed by atoms with E-state index in [-0.39, 0.29) is 5.75 Å². The van der Waals surface area contributed by atoms with Crippen molar-refractivity contribution in [3.63, 3.8) is 0 Å².